The first-order chi connectivity index (χ1) is 19.5. The molecule has 2 radical (unpaired) electrons. The first kappa shape index (κ1) is 31.1. The maximum Gasteiger partial charge on any atom is 0.0920 e. The van der Waals surface area contributed by atoms with Crippen molar-refractivity contribution in [3.63, 3.8) is 0 Å². The van der Waals surface area contributed by atoms with Crippen LogP contribution in [0.25, 0.3) is 33.0 Å². The number of benzene rings is 4. The molecule has 0 N–H and O–H groups in total. The molecule has 4 heteroatoms. The molecule has 5 aromatic carbocycles. The van der Waals surface area contributed by atoms with Crippen molar-refractivity contribution in [1.29, 1.82) is 0 Å². The Balaban J connectivity index is 0.000000192. The monoisotopic (exact) mass is 656 g/mol. The second-order valence-electron chi connectivity index (χ2n) is 10.4. The van der Waals surface area contributed by atoms with E-state index < -0.39 is 20.8 Å². The predicted molar refractivity (Wildman–Crippen MR) is 174 cm³/mol. The molecule has 1 heterocycles. The van der Waals surface area contributed by atoms with E-state index in [1.54, 1.807) is 0 Å². The summed E-state index contributed by atoms with van der Waals surface area (Å²) in [5.41, 5.74) is 11.3. The molecule has 202 valence electrons. The Morgan fingerprint density at radius 1 is 0.825 bits per heavy atom. The third kappa shape index (κ3) is 7.71. The van der Waals surface area contributed by atoms with Gasteiger partial charge in [0.15, 0.2) is 0 Å². The SMILES string of the molecule is CCCCc1cc2c(-c3cc(C)cc(C)c3)c(CCC)ccc2[cH-]1.[Cl][Zr+2][Cl].[c-]1cccc2c1[Si]c1ccccc1-2. The number of aryl methyl sites for hydroxylation is 4. The fourth-order valence-corrected chi connectivity index (χ4v) is 6.89. The molecule has 5 aromatic rings. The minimum Gasteiger partial charge on any atom is -0.184 e. The molecule has 0 atom stereocenters. The zero-order valence-electron chi connectivity index (χ0n) is 23.9. The Bertz CT molecular complexity index is 1490. The quantitative estimate of drug-likeness (QED) is 0.124. The van der Waals surface area contributed by atoms with E-state index in [0.717, 1.165) is 15.9 Å². The smallest absolute Gasteiger partial charge is 0.0920 e. The second kappa shape index (κ2) is 15.4. The van der Waals surface area contributed by atoms with Gasteiger partial charge in [0.2, 0.25) is 0 Å². The maximum atomic E-state index is 4.93. The van der Waals surface area contributed by atoms with Crippen LogP contribution in [0.4, 0.5) is 0 Å². The first-order valence-corrected chi connectivity index (χ1v) is 21.4. The van der Waals surface area contributed by atoms with Crippen molar-refractivity contribution in [2.45, 2.75) is 59.8 Å². The van der Waals surface area contributed by atoms with Crippen molar-refractivity contribution in [3.05, 3.63) is 113 Å². The van der Waals surface area contributed by atoms with E-state index in [2.05, 4.69) is 113 Å². The molecular formula is C36H36Cl2SiZr. The van der Waals surface area contributed by atoms with Crippen LogP contribution in [0.15, 0.2) is 84.9 Å². The Morgan fingerprint density at radius 2 is 1.55 bits per heavy atom. The zero-order valence-corrected chi connectivity index (χ0v) is 28.8. The van der Waals surface area contributed by atoms with Crippen LogP contribution in [0.5, 0.6) is 0 Å². The average molecular weight is 659 g/mol. The zero-order chi connectivity index (χ0) is 28.5. The molecule has 0 amide bonds. The van der Waals surface area contributed by atoms with Crippen molar-refractivity contribution >= 4 is 47.7 Å². The van der Waals surface area contributed by atoms with Gasteiger partial charge in [-0.15, -0.1) is 40.1 Å². The van der Waals surface area contributed by atoms with Gasteiger partial charge in [-0.2, -0.15) is 35.5 Å². The summed E-state index contributed by atoms with van der Waals surface area (Å²) in [5, 5.41) is 5.66. The molecule has 40 heavy (non-hydrogen) atoms. The molecule has 0 fully saturated rings. The average Bonchev–Trinajstić information content (AvgIpc) is 3.53. The van der Waals surface area contributed by atoms with Gasteiger partial charge in [-0.05, 0) is 32.3 Å². The standard InChI is InChI=1S/C24H29.C12H7Si.2ClH.Zr/c1-5-7-9-19-15-21-11-10-20(8-6-2)24(23(21)16-19)22-13-17(3)12-18(4)14-22;1-3-7-11-9(5-1)10-6-2-4-8-12(10)13-11;;;/h10-16H,5-9H2,1-4H3;1-7H;2*1H;/q2*-1;;;+4/p-2. The van der Waals surface area contributed by atoms with Crippen LogP contribution in [0, 0.1) is 19.9 Å². The van der Waals surface area contributed by atoms with Crippen LogP contribution >= 0.6 is 17.0 Å². The summed E-state index contributed by atoms with van der Waals surface area (Å²) in [6.07, 6.45) is 6.06. The van der Waals surface area contributed by atoms with Gasteiger partial charge in [0.25, 0.3) is 0 Å². The molecule has 0 spiro atoms. The van der Waals surface area contributed by atoms with Crippen molar-refractivity contribution in [2.75, 3.05) is 0 Å². The van der Waals surface area contributed by atoms with Crippen molar-refractivity contribution < 1.29 is 20.8 Å². The van der Waals surface area contributed by atoms with Crippen molar-refractivity contribution in [1.82, 2.24) is 0 Å². The van der Waals surface area contributed by atoms with E-state index in [1.807, 2.05) is 6.07 Å². The number of rotatable bonds is 6. The van der Waals surface area contributed by atoms with Crippen molar-refractivity contribution in [2.24, 2.45) is 0 Å². The molecule has 0 aliphatic carbocycles. The Kier molecular flexibility index (Phi) is 12.0. The fourth-order valence-electron chi connectivity index (χ4n) is 5.58. The number of hydrogen-bond donors (Lipinski definition) is 0. The fraction of sp³-hybridized carbons (Fsp3) is 0.250. The van der Waals surface area contributed by atoms with E-state index in [1.165, 1.54) is 91.3 Å². The minimum atomic E-state index is -0.826. The summed E-state index contributed by atoms with van der Waals surface area (Å²) in [7, 11) is 10.7. The van der Waals surface area contributed by atoms with Gasteiger partial charge in [-0.3, -0.25) is 0 Å². The van der Waals surface area contributed by atoms with Gasteiger partial charge in [0.05, 0.1) is 9.52 Å². The van der Waals surface area contributed by atoms with Gasteiger partial charge >= 0.3 is 37.9 Å². The van der Waals surface area contributed by atoms with Crippen LogP contribution < -0.4 is 10.4 Å². The molecular weight excluding hydrogens is 623 g/mol. The van der Waals surface area contributed by atoms with Gasteiger partial charge in [-0.25, -0.2) is 0 Å². The summed E-state index contributed by atoms with van der Waals surface area (Å²) < 4.78 is 0. The summed E-state index contributed by atoms with van der Waals surface area (Å²) in [6, 6.07) is 34.6. The Morgan fingerprint density at radius 3 is 2.27 bits per heavy atom. The van der Waals surface area contributed by atoms with Gasteiger partial charge in [0.1, 0.15) is 0 Å². The second-order valence-corrected chi connectivity index (χ2v) is 15.4. The van der Waals surface area contributed by atoms with Gasteiger partial charge < -0.3 is 0 Å². The first-order valence-electron chi connectivity index (χ1n) is 14.1. The van der Waals surface area contributed by atoms with Gasteiger partial charge in [0, 0.05) is 0 Å². The van der Waals surface area contributed by atoms with Crippen LogP contribution in [-0.2, 0) is 33.7 Å². The van der Waals surface area contributed by atoms with Crippen molar-refractivity contribution in [3.8, 4) is 22.3 Å². The van der Waals surface area contributed by atoms with Gasteiger partial charge in [-0.1, -0.05) is 109 Å². The van der Waals surface area contributed by atoms with Crippen LogP contribution in [0.2, 0.25) is 0 Å². The largest absolute Gasteiger partial charge is 0.184 e. The van der Waals surface area contributed by atoms with E-state index in [9.17, 15) is 0 Å². The van der Waals surface area contributed by atoms with E-state index in [-0.39, 0.29) is 0 Å². The number of fused-ring (bicyclic) bond motifs is 4. The third-order valence-electron chi connectivity index (χ3n) is 7.22. The summed E-state index contributed by atoms with van der Waals surface area (Å²) in [6.45, 7) is 8.94. The molecule has 0 saturated carbocycles. The summed E-state index contributed by atoms with van der Waals surface area (Å²) >= 11 is -0.826. The Labute approximate surface area is 262 Å². The molecule has 1 aliphatic rings. The van der Waals surface area contributed by atoms with E-state index in [0.29, 0.717) is 0 Å². The molecule has 1 aliphatic heterocycles. The molecule has 6 rings (SSSR count). The molecule has 0 unspecified atom stereocenters. The van der Waals surface area contributed by atoms with Crippen LogP contribution in [0.3, 0.4) is 0 Å². The van der Waals surface area contributed by atoms with E-state index >= 15 is 0 Å². The molecule has 0 nitrogen and oxygen atoms in total. The summed E-state index contributed by atoms with van der Waals surface area (Å²) in [4.78, 5) is 0. The Hall–Kier alpha value is -1.83. The molecule has 0 aromatic heterocycles. The molecule has 0 bridgehead atoms. The minimum absolute atomic E-state index is 0.795. The number of halogens is 2. The number of hydrogen-bond acceptors (Lipinski definition) is 0. The van der Waals surface area contributed by atoms with Crippen LogP contribution in [0.1, 0.15) is 55.4 Å². The normalized spacial score (nSPS) is 11.1. The topological polar surface area (TPSA) is 0 Å². The third-order valence-corrected chi connectivity index (χ3v) is 8.59. The van der Waals surface area contributed by atoms with E-state index in [4.69, 9.17) is 17.0 Å². The predicted octanol–water partition coefficient (Wildman–Crippen LogP) is 9.64. The van der Waals surface area contributed by atoms with Crippen LogP contribution in [-0.4, -0.2) is 9.52 Å². The maximum absolute atomic E-state index is 4.93. The summed E-state index contributed by atoms with van der Waals surface area (Å²) in [5.74, 6) is 0. The number of unbranched alkanes of at least 4 members (excludes halogenated alkanes) is 1. The molecule has 0 saturated heterocycles.